The van der Waals surface area contributed by atoms with Crippen LogP contribution in [0.2, 0.25) is 0 Å². The fraction of sp³-hybridized carbons (Fsp3) is 0.444. The molecule has 0 aliphatic carbocycles. The Labute approximate surface area is 197 Å². The van der Waals surface area contributed by atoms with E-state index in [2.05, 4.69) is 5.32 Å². The van der Waals surface area contributed by atoms with Crippen molar-refractivity contribution >= 4 is 17.7 Å². The summed E-state index contributed by atoms with van der Waals surface area (Å²) < 4.78 is 0. The lowest BCUT2D eigenvalue weighted by Gasteiger charge is -2.37. The first kappa shape index (κ1) is 24.5. The van der Waals surface area contributed by atoms with E-state index < -0.39 is 6.04 Å². The van der Waals surface area contributed by atoms with Gasteiger partial charge in [-0.1, -0.05) is 35.9 Å². The molecule has 0 saturated carbocycles. The normalized spacial score (nSPS) is 15.1. The van der Waals surface area contributed by atoms with Crippen molar-refractivity contribution in [1.29, 1.82) is 0 Å². The van der Waals surface area contributed by atoms with Gasteiger partial charge < -0.3 is 15.1 Å². The number of likely N-dealkylation sites (N-methyl/N-ethyl adjacent to an activating group) is 1. The topological polar surface area (TPSA) is 69.7 Å². The van der Waals surface area contributed by atoms with Gasteiger partial charge in [0.2, 0.25) is 5.91 Å². The Morgan fingerprint density at radius 2 is 1.67 bits per heavy atom. The highest BCUT2D eigenvalue weighted by Gasteiger charge is 2.36. The lowest BCUT2D eigenvalue weighted by molar-refractivity contribution is -0.134. The van der Waals surface area contributed by atoms with Gasteiger partial charge in [-0.2, -0.15) is 0 Å². The van der Waals surface area contributed by atoms with Crippen LogP contribution in [0.25, 0.3) is 0 Å². The molecule has 1 saturated heterocycles. The Balaban J connectivity index is 1.74. The summed E-state index contributed by atoms with van der Waals surface area (Å²) in [7, 11) is 0. The van der Waals surface area contributed by atoms with Gasteiger partial charge in [-0.25, -0.2) is 0 Å². The number of hydrogen-bond donors (Lipinski definition) is 1. The summed E-state index contributed by atoms with van der Waals surface area (Å²) in [4.78, 5) is 43.0. The molecule has 2 aromatic carbocycles. The highest BCUT2D eigenvalue weighted by molar-refractivity contribution is 5.98. The zero-order chi connectivity index (χ0) is 24.0. The summed E-state index contributed by atoms with van der Waals surface area (Å²) >= 11 is 0. The number of nitrogens with zero attached hydrogens (tertiary/aromatic N) is 2. The molecule has 1 fully saturated rings. The molecule has 3 amide bonds. The van der Waals surface area contributed by atoms with Gasteiger partial charge in [0.05, 0.1) is 0 Å². The second-order valence-electron chi connectivity index (χ2n) is 8.78. The van der Waals surface area contributed by atoms with Crippen molar-refractivity contribution in [2.75, 3.05) is 26.2 Å². The number of nitrogens with one attached hydrogen (secondary N) is 1. The van der Waals surface area contributed by atoms with E-state index in [1.54, 1.807) is 11.0 Å². The van der Waals surface area contributed by atoms with Crippen molar-refractivity contribution in [3.63, 3.8) is 0 Å². The Morgan fingerprint density at radius 3 is 2.27 bits per heavy atom. The molecular formula is C27H35N3O3. The predicted octanol–water partition coefficient (Wildman–Crippen LogP) is 3.82. The van der Waals surface area contributed by atoms with Crippen LogP contribution >= 0.6 is 0 Å². The third-order valence-corrected chi connectivity index (χ3v) is 6.58. The quantitative estimate of drug-likeness (QED) is 0.699. The van der Waals surface area contributed by atoms with E-state index in [0.717, 1.165) is 16.7 Å². The maximum absolute atomic E-state index is 13.4. The van der Waals surface area contributed by atoms with Crippen LogP contribution in [0.4, 0.5) is 0 Å². The SMILES string of the molecule is CCN(CC)C(=O)C(NC(=O)c1cccc(C)c1)C1CCN(C(=O)c2ccccc2C)CC1. The van der Waals surface area contributed by atoms with Crippen LogP contribution in [0.15, 0.2) is 48.5 Å². The molecule has 6 heteroatoms. The first-order chi connectivity index (χ1) is 15.8. The Bertz CT molecular complexity index is 992. The number of piperidine rings is 1. The van der Waals surface area contributed by atoms with Crippen LogP contribution in [0.1, 0.15) is 58.5 Å². The Morgan fingerprint density at radius 1 is 1.00 bits per heavy atom. The molecule has 1 aliphatic heterocycles. The van der Waals surface area contributed by atoms with Crippen molar-refractivity contribution in [3.05, 3.63) is 70.8 Å². The maximum atomic E-state index is 13.4. The van der Waals surface area contributed by atoms with E-state index in [9.17, 15) is 14.4 Å². The van der Waals surface area contributed by atoms with Gasteiger partial charge >= 0.3 is 0 Å². The standard InChI is InChI=1S/C27H35N3O3/c1-5-29(6-2)27(33)24(28-25(31)22-12-9-10-19(3)18-22)21-14-16-30(17-15-21)26(32)23-13-8-7-11-20(23)4/h7-13,18,21,24H,5-6,14-17H2,1-4H3,(H,28,31). The van der Waals surface area contributed by atoms with Crippen LogP contribution < -0.4 is 5.32 Å². The van der Waals surface area contributed by atoms with E-state index in [-0.39, 0.29) is 23.6 Å². The average molecular weight is 450 g/mol. The van der Waals surface area contributed by atoms with Gasteiger partial charge in [0.25, 0.3) is 11.8 Å². The minimum atomic E-state index is -0.603. The lowest BCUT2D eigenvalue weighted by Crippen LogP contribution is -2.54. The van der Waals surface area contributed by atoms with Gasteiger partial charge in [0.1, 0.15) is 6.04 Å². The molecule has 1 atom stereocenters. The number of likely N-dealkylation sites (tertiary alicyclic amines) is 1. The first-order valence-corrected chi connectivity index (χ1v) is 11.9. The van der Waals surface area contributed by atoms with Crippen molar-refractivity contribution in [2.24, 2.45) is 5.92 Å². The number of rotatable bonds is 7. The van der Waals surface area contributed by atoms with Gasteiger partial charge in [-0.15, -0.1) is 0 Å². The van der Waals surface area contributed by atoms with Crippen molar-refractivity contribution in [2.45, 2.75) is 46.6 Å². The second-order valence-corrected chi connectivity index (χ2v) is 8.78. The van der Waals surface area contributed by atoms with Crippen molar-refractivity contribution in [3.8, 4) is 0 Å². The fourth-order valence-electron chi connectivity index (χ4n) is 4.54. The van der Waals surface area contributed by atoms with E-state index in [4.69, 9.17) is 0 Å². The fourth-order valence-corrected chi connectivity index (χ4v) is 4.54. The maximum Gasteiger partial charge on any atom is 0.254 e. The molecule has 3 rings (SSSR count). The summed E-state index contributed by atoms with van der Waals surface area (Å²) in [5.74, 6) is -0.276. The molecule has 0 radical (unpaired) electrons. The smallest absolute Gasteiger partial charge is 0.254 e. The van der Waals surface area contributed by atoms with Crippen molar-refractivity contribution in [1.82, 2.24) is 15.1 Å². The summed E-state index contributed by atoms with van der Waals surface area (Å²) in [5.41, 5.74) is 3.24. The molecule has 0 spiro atoms. The van der Waals surface area contributed by atoms with Crippen LogP contribution in [0, 0.1) is 19.8 Å². The molecule has 2 aromatic rings. The van der Waals surface area contributed by atoms with Crippen LogP contribution in [0.5, 0.6) is 0 Å². The largest absolute Gasteiger partial charge is 0.341 e. The first-order valence-electron chi connectivity index (χ1n) is 11.9. The molecule has 0 bridgehead atoms. The summed E-state index contributed by atoms with van der Waals surface area (Å²) in [6.07, 6.45) is 1.34. The highest BCUT2D eigenvalue weighted by atomic mass is 16.2. The average Bonchev–Trinajstić information content (AvgIpc) is 2.83. The van der Waals surface area contributed by atoms with E-state index >= 15 is 0 Å². The number of benzene rings is 2. The zero-order valence-corrected chi connectivity index (χ0v) is 20.1. The zero-order valence-electron chi connectivity index (χ0n) is 20.1. The molecule has 33 heavy (non-hydrogen) atoms. The third-order valence-electron chi connectivity index (χ3n) is 6.58. The lowest BCUT2D eigenvalue weighted by atomic mass is 9.87. The third kappa shape index (κ3) is 5.81. The molecule has 176 valence electrons. The number of amides is 3. The van der Waals surface area contributed by atoms with Gasteiger partial charge in [-0.3, -0.25) is 14.4 Å². The second kappa shape index (κ2) is 11.1. The number of hydrogen-bond acceptors (Lipinski definition) is 3. The number of carbonyl (C=O) groups is 3. The number of carbonyl (C=O) groups excluding carboxylic acids is 3. The summed E-state index contributed by atoms with van der Waals surface area (Å²) in [6.45, 7) is 10.1. The van der Waals surface area contributed by atoms with Gasteiger partial charge in [-0.05, 0) is 70.2 Å². The van der Waals surface area contributed by atoms with Crippen LogP contribution in [-0.2, 0) is 4.79 Å². The monoisotopic (exact) mass is 449 g/mol. The molecule has 1 heterocycles. The highest BCUT2D eigenvalue weighted by Crippen LogP contribution is 2.24. The number of aryl methyl sites for hydroxylation is 2. The van der Waals surface area contributed by atoms with Gasteiger partial charge in [0.15, 0.2) is 0 Å². The molecule has 0 aromatic heterocycles. The summed E-state index contributed by atoms with van der Waals surface area (Å²) in [6, 6.07) is 14.4. The van der Waals surface area contributed by atoms with Crippen molar-refractivity contribution < 1.29 is 14.4 Å². The Hall–Kier alpha value is -3.15. The van der Waals surface area contributed by atoms with Crippen LogP contribution in [-0.4, -0.2) is 59.7 Å². The van der Waals surface area contributed by atoms with Gasteiger partial charge in [0, 0.05) is 37.3 Å². The minimum absolute atomic E-state index is 0.0206. The molecular weight excluding hydrogens is 414 g/mol. The minimum Gasteiger partial charge on any atom is -0.341 e. The van der Waals surface area contributed by atoms with Crippen LogP contribution in [0.3, 0.4) is 0 Å². The van der Waals surface area contributed by atoms with E-state index in [0.29, 0.717) is 44.6 Å². The Kier molecular flexibility index (Phi) is 8.26. The molecule has 6 nitrogen and oxygen atoms in total. The van der Waals surface area contributed by atoms with E-state index in [1.807, 2.05) is 75.1 Å². The summed E-state index contributed by atoms with van der Waals surface area (Å²) in [5, 5.41) is 3.03. The molecule has 1 aliphatic rings. The molecule has 1 N–H and O–H groups in total. The predicted molar refractivity (Wildman–Crippen MR) is 130 cm³/mol. The van der Waals surface area contributed by atoms with E-state index in [1.165, 1.54) is 0 Å². The molecule has 1 unspecified atom stereocenters.